The maximum atomic E-state index is 11.3. The van der Waals surface area contributed by atoms with Gasteiger partial charge in [0.05, 0.1) is 17.6 Å². The van der Waals surface area contributed by atoms with E-state index in [-0.39, 0.29) is 5.91 Å². The summed E-state index contributed by atoms with van der Waals surface area (Å²) in [5, 5.41) is 2.85. The summed E-state index contributed by atoms with van der Waals surface area (Å²) in [6.07, 6.45) is 3.64. The van der Waals surface area contributed by atoms with Crippen LogP contribution in [0.4, 0.5) is 5.69 Å². The highest BCUT2D eigenvalue weighted by Crippen LogP contribution is 2.23. The number of anilines is 1. The Balaban J connectivity index is 1.87. The number of aryl methyl sites for hydroxylation is 1. The third-order valence-corrected chi connectivity index (χ3v) is 4.84. The summed E-state index contributed by atoms with van der Waals surface area (Å²) in [5.74, 6) is 1.93. The van der Waals surface area contributed by atoms with E-state index in [9.17, 15) is 4.79 Å². The van der Waals surface area contributed by atoms with Crippen LogP contribution >= 0.6 is 0 Å². The number of hydrogen-bond acceptors (Lipinski definition) is 3. The van der Waals surface area contributed by atoms with Gasteiger partial charge in [-0.15, -0.1) is 0 Å². The van der Waals surface area contributed by atoms with Crippen molar-refractivity contribution in [3.05, 3.63) is 24.0 Å². The Kier molecular flexibility index (Phi) is 5.19. The largest absolute Gasteiger partial charge is 0.327 e. The molecule has 130 valence electrons. The Bertz CT molecular complexity index is 713. The summed E-state index contributed by atoms with van der Waals surface area (Å²) in [6, 6.07) is 6.01. The second-order valence-electron chi connectivity index (χ2n) is 7.02. The number of amides is 1. The molecule has 1 amide bonds. The number of carbonyl (C=O) groups excluding carboxylic acids is 1. The van der Waals surface area contributed by atoms with Gasteiger partial charge in [-0.05, 0) is 56.5 Å². The van der Waals surface area contributed by atoms with Crippen LogP contribution in [0.5, 0.6) is 0 Å². The van der Waals surface area contributed by atoms with Crippen LogP contribution in [0.3, 0.4) is 0 Å². The van der Waals surface area contributed by atoms with Crippen molar-refractivity contribution in [2.75, 3.05) is 18.4 Å². The Labute approximate surface area is 144 Å². The van der Waals surface area contributed by atoms with E-state index in [1.165, 1.54) is 19.8 Å². The van der Waals surface area contributed by atoms with Crippen LogP contribution in [-0.2, 0) is 17.9 Å². The number of hydrogen-bond donors (Lipinski definition) is 1. The topological polar surface area (TPSA) is 50.2 Å². The van der Waals surface area contributed by atoms with E-state index in [0.717, 1.165) is 61.1 Å². The molecule has 5 nitrogen and oxygen atoms in total. The number of likely N-dealkylation sites (tertiary alicyclic amines) is 1. The number of imidazole rings is 1. The van der Waals surface area contributed by atoms with E-state index in [4.69, 9.17) is 4.98 Å². The van der Waals surface area contributed by atoms with E-state index >= 15 is 0 Å². The number of nitrogens with one attached hydrogen (secondary N) is 1. The molecule has 1 N–H and O–H groups in total. The first-order valence-corrected chi connectivity index (χ1v) is 9.06. The average molecular weight is 328 g/mol. The summed E-state index contributed by atoms with van der Waals surface area (Å²) in [7, 11) is 0. The number of fused-ring (bicyclic) bond motifs is 1. The van der Waals surface area contributed by atoms with Gasteiger partial charge in [0.15, 0.2) is 0 Å². The molecule has 24 heavy (non-hydrogen) atoms. The van der Waals surface area contributed by atoms with Gasteiger partial charge in [0.2, 0.25) is 5.91 Å². The molecule has 0 spiro atoms. The molecule has 0 unspecified atom stereocenters. The number of aromatic nitrogens is 2. The number of nitrogens with zero attached hydrogens (tertiary/aromatic N) is 3. The third-order valence-electron chi connectivity index (χ3n) is 4.84. The first-order valence-electron chi connectivity index (χ1n) is 9.06. The van der Waals surface area contributed by atoms with Crippen LogP contribution in [-0.4, -0.2) is 33.4 Å². The molecule has 0 bridgehead atoms. The molecule has 2 aromatic rings. The van der Waals surface area contributed by atoms with Gasteiger partial charge in [0, 0.05) is 19.2 Å². The molecule has 1 saturated heterocycles. The van der Waals surface area contributed by atoms with Gasteiger partial charge in [-0.25, -0.2) is 4.98 Å². The quantitative estimate of drug-likeness (QED) is 0.912. The summed E-state index contributed by atoms with van der Waals surface area (Å²) in [5.41, 5.74) is 2.94. The predicted octanol–water partition coefficient (Wildman–Crippen LogP) is 3.64. The summed E-state index contributed by atoms with van der Waals surface area (Å²) in [6.45, 7) is 10.3. The van der Waals surface area contributed by atoms with E-state index in [0.29, 0.717) is 0 Å². The highest BCUT2D eigenvalue weighted by molar-refractivity contribution is 5.91. The maximum absolute atomic E-state index is 11.3. The first-order chi connectivity index (χ1) is 11.6. The molecule has 1 fully saturated rings. The summed E-state index contributed by atoms with van der Waals surface area (Å²) < 4.78 is 2.34. The van der Waals surface area contributed by atoms with Gasteiger partial charge in [-0.2, -0.15) is 0 Å². The van der Waals surface area contributed by atoms with Crippen molar-refractivity contribution >= 4 is 22.6 Å². The molecule has 1 aliphatic rings. The Hall–Kier alpha value is -1.88. The number of benzene rings is 1. The van der Waals surface area contributed by atoms with Gasteiger partial charge in [0.1, 0.15) is 5.82 Å². The minimum Gasteiger partial charge on any atom is -0.327 e. The number of rotatable bonds is 5. The normalized spacial score (nSPS) is 16.6. The predicted molar refractivity (Wildman–Crippen MR) is 98.0 cm³/mol. The number of piperidine rings is 1. The van der Waals surface area contributed by atoms with Crippen molar-refractivity contribution in [2.45, 2.75) is 53.1 Å². The van der Waals surface area contributed by atoms with Crippen molar-refractivity contribution in [2.24, 2.45) is 5.92 Å². The zero-order valence-corrected chi connectivity index (χ0v) is 15.0. The van der Waals surface area contributed by atoms with Crippen molar-refractivity contribution in [1.82, 2.24) is 14.5 Å². The van der Waals surface area contributed by atoms with Gasteiger partial charge in [-0.3, -0.25) is 9.69 Å². The molecule has 0 saturated carbocycles. The zero-order chi connectivity index (χ0) is 17.1. The molecule has 0 aliphatic carbocycles. The molecular formula is C19H28N4O. The van der Waals surface area contributed by atoms with E-state index in [2.05, 4.69) is 34.7 Å². The molecule has 1 aromatic carbocycles. The Morgan fingerprint density at radius 3 is 2.75 bits per heavy atom. The van der Waals surface area contributed by atoms with Crippen LogP contribution in [0.1, 0.15) is 45.9 Å². The van der Waals surface area contributed by atoms with Gasteiger partial charge >= 0.3 is 0 Å². The van der Waals surface area contributed by atoms with Crippen LogP contribution in [0.15, 0.2) is 18.2 Å². The molecule has 1 aromatic heterocycles. The highest BCUT2D eigenvalue weighted by atomic mass is 16.1. The summed E-state index contributed by atoms with van der Waals surface area (Å²) in [4.78, 5) is 18.7. The summed E-state index contributed by atoms with van der Waals surface area (Å²) >= 11 is 0. The molecule has 5 heteroatoms. The molecule has 0 atom stereocenters. The van der Waals surface area contributed by atoms with Crippen molar-refractivity contribution in [1.29, 1.82) is 0 Å². The van der Waals surface area contributed by atoms with Crippen molar-refractivity contribution < 1.29 is 4.79 Å². The van der Waals surface area contributed by atoms with E-state index in [1.54, 1.807) is 0 Å². The third kappa shape index (κ3) is 3.78. The Morgan fingerprint density at radius 2 is 2.08 bits per heavy atom. The highest BCUT2D eigenvalue weighted by Gasteiger charge is 2.19. The lowest BCUT2D eigenvalue weighted by molar-refractivity contribution is -0.114. The lowest BCUT2D eigenvalue weighted by Gasteiger charge is -2.29. The van der Waals surface area contributed by atoms with Crippen molar-refractivity contribution in [3.8, 4) is 0 Å². The molecule has 2 heterocycles. The smallest absolute Gasteiger partial charge is 0.221 e. The van der Waals surface area contributed by atoms with Crippen LogP contribution in [0.2, 0.25) is 0 Å². The fraction of sp³-hybridized carbons (Fsp3) is 0.579. The average Bonchev–Trinajstić information content (AvgIpc) is 2.86. The van der Waals surface area contributed by atoms with Crippen LogP contribution in [0, 0.1) is 5.92 Å². The Morgan fingerprint density at radius 1 is 1.33 bits per heavy atom. The minimum atomic E-state index is -0.0509. The van der Waals surface area contributed by atoms with Gasteiger partial charge in [-0.1, -0.05) is 13.8 Å². The second kappa shape index (κ2) is 7.34. The standard InChI is InChI=1S/C19H28N4O/c1-4-9-23-18-6-5-16(20-15(3)24)12-17(18)21-19(23)13-22-10-7-14(2)8-11-22/h5-6,12,14H,4,7-11,13H2,1-3H3,(H,20,24). The van der Waals surface area contributed by atoms with Gasteiger partial charge in [0.25, 0.3) is 0 Å². The van der Waals surface area contributed by atoms with E-state index < -0.39 is 0 Å². The SMILES string of the molecule is CCCn1c(CN2CCC(C)CC2)nc2cc(NC(C)=O)ccc21. The molecule has 0 radical (unpaired) electrons. The monoisotopic (exact) mass is 328 g/mol. The molecular weight excluding hydrogens is 300 g/mol. The minimum absolute atomic E-state index is 0.0509. The van der Waals surface area contributed by atoms with Crippen LogP contribution < -0.4 is 5.32 Å². The second-order valence-corrected chi connectivity index (χ2v) is 7.02. The maximum Gasteiger partial charge on any atom is 0.221 e. The lowest BCUT2D eigenvalue weighted by Crippen LogP contribution is -2.33. The first kappa shape index (κ1) is 17.0. The van der Waals surface area contributed by atoms with Crippen LogP contribution in [0.25, 0.3) is 11.0 Å². The fourth-order valence-corrected chi connectivity index (χ4v) is 3.47. The fourth-order valence-electron chi connectivity index (χ4n) is 3.47. The van der Waals surface area contributed by atoms with Crippen molar-refractivity contribution in [3.63, 3.8) is 0 Å². The van der Waals surface area contributed by atoms with E-state index in [1.807, 2.05) is 12.1 Å². The zero-order valence-electron chi connectivity index (χ0n) is 15.0. The lowest BCUT2D eigenvalue weighted by atomic mass is 9.99. The molecule has 1 aliphatic heterocycles. The van der Waals surface area contributed by atoms with Gasteiger partial charge < -0.3 is 9.88 Å². The number of carbonyl (C=O) groups is 1. The molecule has 3 rings (SSSR count).